The van der Waals surface area contributed by atoms with E-state index in [1.54, 1.807) is 7.11 Å². The van der Waals surface area contributed by atoms with Crippen LogP contribution in [0.5, 0.6) is 5.75 Å². The minimum Gasteiger partial charge on any atom is -0.464 e. The lowest BCUT2D eigenvalue weighted by Crippen LogP contribution is -2.28. The molecule has 1 aromatic carbocycles. The molecule has 0 radical (unpaired) electrons. The number of hydrogen-bond donors (Lipinski definition) is 1. The van der Waals surface area contributed by atoms with E-state index in [0.29, 0.717) is 17.9 Å². The first-order valence-corrected chi connectivity index (χ1v) is 4.35. The minimum atomic E-state index is -0.365. The molecule has 0 fully saturated rings. The molecule has 2 rings (SSSR count). The van der Waals surface area contributed by atoms with Crippen molar-refractivity contribution in [1.82, 2.24) is 0 Å². The summed E-state index contributed by atoms with van der Waals surface area (Å²) in [6.45, 7) is 0. The fourth-order valence-corrected chi connectivity index (χ4v) is 1.49. The van der Waals surface area contributed by atoms with Crippen molar-refractivity contribution in [3.63, 3.8) is 0 Å². The van der Waals surface area contributed by atoms with Crippen LogP contribution in [0.3, 0.4) is 0 Å². The standard InChI is InChI=1S/C10H11NO3/c1-13-10-6-8(11-12)7-4-2-3-5-9(7)14-10/h2-5,10,12H,6H2,1H3. The van der Waals surface area contributed by atoms with Gasteiger partial charge >= 0.3 is 0 Å². The summed E-state index contributed by atoms with van der Waals surface area (Å²) < 4.78 is 10.6. The lowest BCUT2D eigenvalue weighted by atomic mass is 10.0. The maximum absolute atomic E-state index is 8.83. The molecule has 74 valence electrons. The van der Waals surface area contributed by atoms with E-state index in [9.17, 15) is 0 Å². The minimum absolute atomic E-state index is 0.365. The van der Waals surface area contributed by atoms with E-state index in [1.807, 2.05) is 24.3 Å². The summed E-state index contributed by atoms with van der Waals surface area (Å²) in [6.07, 6.45) is 0.0973. The van der Waals surface area contributed by atoms with E-state index in [-0.39, 0.29) is 6.29 Å². The summed E-state index contributed by atoms with van der Waals surface area (Å²) in [6, 6.07) is 7.42. The van der Waals surface area contributed by atoms with Gasteiger partial charge in [-0.25, -0.2) is 0 Å². The van der Waals surface area contributed by atoms with Crippen LogP contribution in [0.1, 0.15) is 12.0 Å². The second kappa shape index (κ2) is 3.67. The Morgan fingerprint density at radius 1 is 1.50 bits per heavy atom. The van der Waals surface area contributed by atoms with Crippen LogP contribution in [-0.4, -0.2) is 24.3 Å². The molecule has 1 atom stereocenters. The highest BCUT2D eigenvalue weighted by Gasteiger charge is 2.24. The van der Waals surface area contributed by atoms with Crippen LogP contribution < -0.4 is 4.74 Å². The first kappa shape index (κ1) is 9.02. The predicted molar refractivity (Wildman–Crippen MR) is 50.8 cm³/mol. The molecule has 1 aliphatic heterocycles. The highest BCUT2D eigenvalue weighted by molar-refractivity contribution is 6.03. The van der Waals surface area contributed by atoms with Crippen molar-refractivity contribution >= 4 is 5.71 Å². The second-order valence-corrected chi connectivity index (χ2v) is 3.03. The third-order valence-electron chi connectivity index (χ3n) is 2.20. The number of rotatable bonds is 1. The van der Waals surface area contributed by atoms with Crippen molar-refractivity contribution in [2.24, 2.45) is 5.16 Å². The van der Waals surface area contributed by atoms with E-state index in [0.717, 1.165) is 5.56 Å². The van der Waals surface area contributed by atoms with Gasteiger partial charge in [0.2, 0.25) is 6.29 Å². The zero-order valence-corrected chi connectivity index (χ0v) is 7.80. The zero-order valence-electron chi connectivity index (χ0n) is 7.80. The number of benzene rings is 1. The Hall–Kier alpha value is -1.55. The lowest BCUT2D eigenvalue weighted by molar-refractivity contribution is -0.0507. The van der Waals surface area contributed by atoms with Gasteiger partial charge in [0.25, 0.3) is 0 Å². The first-order chi connectivity index (χ1) is 6.85. The third kappa shape index (κ3) is 1.44. The van der Waals surface area contributed by atoms with E-state index < -0.39 is 0 Å². The Bertz CT molecular complexity index is 362. The summed E-state index contributed by atoms with van der Waals surface area (Å²) >= 11 is 0. The van der Waals surface area contributed by atoms with Gasteiger partial charge in [-0.3, -0.25) is 0 Å². The molecule has 4 nitrogen and oxygen atoms in total. The predicted octanol–water partition coefficient (Wildman–Crippen LogP) is 1.62. The van der Waals surface area contributed by atoms with E-state index in [4.69, 9.17) is 14.7 Å². The molecule has 1 N–H and O–H groups in total. The van der Waals surface area contributed by atoms with Crippen LogP contribution in [0.4, 0.5) is 0 Å². The van der Waals surface area contributed by atoms with Crippen LogP contribution in [0.25, 0.3) is 0 Å². The summed E-state index contributed by atoms with van der Waals surface area (Å²) in [5.41, 5.74) is 1.42. The summed E-state index contributed by atoms with van der Waals surface area (Å²) in [7, 11) is 1.56. The molecule has 4 heteroatoms. The van der Waals surface area contributed by atoms with Crippen LogP contribution in [0.2, 0.25) is 0 Å². The van der Waals surface area contributed by atoms with E-state index in [2.05, 4.69) is 5.16 Å². The number of methoxy groups -OCH3 is 1. The van der Waals surface area contributed by atoms with Gasteiger partial charge in [-0.15, -0.1) is 0 Å². The largest absolute Gasteiger partial charge is 0.464 e. The van der Waals surface area contributed by atoms with Crippen molar-refractivity contribution in [2.75, 3.05) is 7.11 Å². The molecule has 1 heterocycles. The maximum atomic E-state index is 8.83. The molecule has 1 aliphatic rings. The molecule has 0 saturated heterocycles. The number of fused-ring (bicyclic) bond motifs is 1. The van der Waals surface area contributed by atoms with Crippen molar-refractivity contribution in [2.45, 2.75) is 12.7 Å². The molecule has 0 amide bonds. The van der Waals surface area contributed by atoms with Crippen molar-refractivity contribution < 1.29 is 14.7 Å². The Kier molecular flexibility index (Phi) is 2.37. The molecular weight excluding hydrogens is 182 g/mol. The topological polar surface area (TPSA) is 51.0 Å². The normalized spacial score (nSPS) is 22.9. The molecule has 1 aromatic rings. The maximum Gasteiger partial charge on any atom is 0.205 e. The molecular formula is C10H11NO3. The summed E-state index contributed by atoms with van der Waals surface area (Å²) in [5.74, 6) is 0.693. The van der Waals surface area contributed by atoms with Crippen molar-refractivity contribution in [3.05, 3.63) is 29.8 Å². The van der Waals surface area contributed by atoms with Crippen LogP contribution in [0, 0.1) is 0 Å². The average Bonchev–Trinajstić information content (AvgIpc) is 2.27. The van der Waals surface area contributed by atoms with Gasteiger partial charge in [0.15, 0.2) is 0 Å². The number of hydrogen-bond acceptors (Lipinski definition) is 4. The molecule has 0 bridgehead atoms. The first-order valence-electron chi connectivity index (χ1n) is 4.35. The van der Waals surface area contributed by atoms with E-state index in [1.165, 1.54) is 0 Å². The highest BCUT2D eigenvalue weighted by Crippen LogP contribution is 2.27. The number of nitrogens with zero attached hydrogens (tertiary/aromatic N) is 1. The number of oxime groups is 1. The van der Waals surface area contributed by atoms with Crippen LogP contribution in [0.15, 0.2) is 29.4 Å². The lowest BCUT2D eigenvalue weighted by Gasteiger charge is -2.24. The molecule has 0 spiro atoms. The Morgan fingerprint density at radius 3 is 3.00 bits per heavy atom. The smallest absolute Gasteiger partial charge is 0.205 e. The van der Waals surface area contributed by atoms with Gasteiger partial charge in [-0.2, -0.15) is 0 Å². The van der Waals surface area contributed by atoms with Crippen LogP contribution in [-0.2, 0) is 4.74 Å². The van der Waals surface area contributed by atoms with Gasteiger partial charge < -0.3 is 14.7 Å². The molecule has 14 heavy (non-hydrogen) atoms. The van der Waals surface area contributed by atoms with Gasteiger partial charge in [-0.05, 0) is 12.1 Å². The molecule has 0 aliphatic carbocycles. The van der Waals surface area contributed by atoms with Crippen LogP contribution >= 0.6 is 0 Å². The molecule has 0 aromatic heterocycles. The Morgan fingerprint density at radius 2 is 2.29 bits per heavy atom. The fourth-order valence-electron chi connectivity index (χ4n) is 1.49. The Labute approximate surface area is 81.8 Å². The average molecular weight is 193 g/mol. The SMILES string of the molecule is COC1CC(=NO)c2ccccc2O1. The van der Waals surface area contributed by atoms with Gasteiger partial charge in [0.1, 0.15) is 5.75 Å². The van der Waals surface area contributed by atoms with Gasteiger partial charge in [-0.1, -0.05) is 17.3 Å². The summed E-state index contributed by atoms with van der Waals surface area (Å²) in [4.78, 5) is 0. The molecule has 1 unspecified atom stereocenters. The summed E-state index contributed by atoms with van der Waals surface area (Å²) in [5, 5.41) is 12.1. The highest BCUT2D eigenvalue weighted by atomic mass is 16.7. The van der Waals surface area contributed by atoms with Gasteiger partial charge in [0.05, 0.1) is 12.1 Å². The third-order valence-corrected chi connectivity index (χ3v) is 2.20. The fraction of sp³-hybridized carbons (Fsp3) is 0.300. The van der Waals surface area contributed by atoms with Crippen molar-refractivity contribution in [1.29, 1.82) is 0 Å². The number of ether oxygens (including phenoxy) is 2. The van der Waals surface area contributed by atoms with Crippen molar-refractivity contribution in [3.8, 4) is 5.75 Å². The molecule has 0 saturated carbocycles. The van der Waals surface area contributed by atoms with Gasteiger partial charge in [0, 0.05) is 12.7 Å². The monoisotopic (exact) mass is 193 g/mol. The zero-order chi connectivity index (χ0) is 9.97. The second-order valence-electron chi connectivity index (χ2n) is 3.03. The quantitative estimate of drug-likeness (QED) is 0.544. The number of para-hydroxylation sites is 1. The Balaban J connectivity index is 2.41. The van der Waals surface area contributed by atoms with E-state index >= 15 is 0 Å².